The fourth-order valence-corrected chi connectivity index (χ4v) is 2.30. The molecule has 1 aromatic rings. The van der Waals surface area contributed by atoms with E-state index in [4.69, 9.17) is 9.15 Å². The molecule has 1 atom stereocenters. The lowest BCUT2D eigenvalue weighted by Gasteiger charge is -2.28. The average molecular weight is 267 g/mol. The molecule has 0 saturated carbocycles. The number of hydrogen-bond donors (Lipinski definition) is 0. The van der Waals surface area contributed by atoms with Gasteiger partial charge in [-0.3, -0.25) is 4.90 Å². The zero-order valence-corrected chi connectivity index (χ0v) is 12.3. The van der Waals surface area contributed by atoms with E-state index in [9.17, 15) is 0 Å². The van der Waals surface area contributed by atoms with Crippen LogP contribution in [0.4, 0.5) is 0 Å². The van der Waals surface area contributed by atoms with Crippen molar-refractivity contribution in [3.05, 3.63) is 11.8 Å². The standard InChI is InChI=1S/C14H25N3O2/c1-4-17(9-12-7-5-6-8-18-12)10-13-15-16-14(19-13)11(2)3/h11-12H,4-10H2,1-3H3/t12-/m0/s1. The summed E-state index contributed by atoms with van der Waals surface area (Å²) >= 11 is 0. The Morgan fingerprint density at radius 1 is 1.32 bits per heavy atom. The molecule has 0 amide bonds. The smallest absolute Gasteiger partial charge is 0.230 e. The second-order valence-corrected chi connectivity index (χ2v) is 5.51. The van der Waals surface area contributed by atoms with Gasteiger partial charge in [-0.05, 0) is 25.8 Å². The number of nitrogens with zero attached hydrogens (tertiary/aromatic N) is 3. The molecule has 1 aromatic heterocycles. The molecule has 1 fully saturated rings. The summed E-state index contributed by atoms with van der Waals surface area (Å²) in [5, 5.41) is 8.19. The van der Waals surface area contributed by atoms with E-state index in [0.717, 1.165) is 38.6 Å². The molecule has 0 aromatic carbocycles. The van der Waals surface area contributed by atoms with Crippen LogP contribution in [0, 0.1) is 0 Å². The fourth-order valence-electron chi connectivity index (χ4n) is 2.30. The molecule has 0 bridgehead atoms. The van der Waals surface area contributed by atoms with E-state index in [1.54, 1.807) is 0 Å². The normalized spacial score (nSPS) is 20.4. The summed E-state index contributed by atoms with van der Waals surface area (Å²) < 4.78 is 11.4. The van der Waals surface area contributed by atoms with E-state index >= 15 is 0 Å². The monoisotopic (exact) mass is 267 g/mol. The highest BCUT2D eigenvalue weighted by Gasteiger charge is 2.19. The first-order chi connectivity index (χ1) is 9.19. The van der Waals surface area contributed by atoms with Crippen LogP contribution in [-0.4, -0.2) is 40.9 Å². The average Bonchev–Trinajstić information content (AvgIpc) is 2.88. The van der Waals surface area contributed by atoms with Crippen molar-refractivity contribution in [2.75, 3.05) is 19.7 Å². The van der Waals surface area contributed by atoms with Gasteiger partial charge in [-0.1, -0.05) is 20.8 Å². The van der Waals surface area contributed by atoms with Gasteiger partial charge in [-0.25, -0.2) is 0 Å². The van der Waals surface area contributed by atoms with Crippen LogP contribution < -0.4 is 0 Å². The number of hydrogen-bond acceptors (Lipinski definition) is 5. The van der Waals surface area contributed by atoms with Gasteiger partial charge in [-0.2, -0.15) is 0 Å². The molecule has 5 nitrogen and oxygen atoms in total. The molecule has 5 heteroatoms. The van der Waals surface area contributed by atoms with Crippen LogP contribution in [0.3, 0.4) is 0 Å². The summed E-state index contributed by atoms with van der Waals surface area (Å²) in [6.45, 7) is 9.82. The van der Waals surface area contributed by atoms with Gasteiger partial charge in [0.15, 0.2) is 0 Å². The van der Waals surface area contributed by atoms with Crippen LogP contribution in [0.5, 0.6) is 0 Å². The van der Waals surface area contributed by atoms with Crippen molar-refractivity contribution in [2.45, 2.75) is 58.6 Å². The first-order valence-electron chi connectivity index (χ1n) is 7.35. The molecule has 108 valence electrons. The van der Waals surface area contributed by atoms with E-state index in [0.29, 0.717) is 12.0 Å². The molecule has 0 N–H and O–H groups in total. The Hall–Kier alpha value is -0.940. The second kappa shape index (κ2) is 7.01. The molecular formula is C14H25N3O2. The van der Waals surface area contributed by atoms with Gasteiger partial charge < -0.3 is 9.15 Å². The Kier molecular flexibility index (Phi) is 5.34. The Labute approximate surface area is 115 Å². The van der Waals surface area contributed by atoms with Crippen molar-refractivity contribution in [1.29, 1.82) is 0 Å². The first kappa shape index (κ1) is 14.5. The largest absolute Gasteiger partial charge is 0.424 e. The van der Waals surface area contributed by atoms with Crippen LogP contribution in [0.2, 0.25) is 0 Å². The van der Waals surface area contributed by atoms with Crippen LogP contribution in [0.15, 0.2) is 4.42 Å². The third-order valence-corrected chi connectivity index (χ3v) is 3.52. The molecule has 0 radical (unpaired) electrons. The SMILES string of the molecule is CCN(Cc1nnc(C(C)C)o1)C[C@@H]1CCCCO1. The molecule has 0 spiro atoms. The summed E-state index contributed by atoms with van der Waals surface area (Å²) in [4.78, 5) is 2.31. The number of rotatable bonds is 6. The summed E-state index contributed by atoms with van der Waals surface area (Å²) in [7, 11) is 0. The minimum atomic E-state index is 0.290. The van der Waals surface area contributed by atoms with E-state index in [1.807, 2.05) is 0 Å². The van der Waals surface area contributed by atoms with E-state index < -0.39 is 0 Å². The number of aromatic nitrogens is 2. The molecule has 2 heterocycles. The maximum absolute atomic E-state index is 5.78. The Morgan fingerprint density at radius 2 is 2.16 bits per heavy atom. The number of likely N-dealkylation sites (N-methyl/N-ethyl adjacent to an activating group) is 1. The Morgan fingerprint density at radius 3 is 2.74 bits per heavy atom. The van der Waals surface area contributed by atoms with Crippen LogP contribution in [0.1, 0.15) is 57.7 Å². The molecule has 2 rings (SSSR count). The minimum absolute atomic E-state index is 0.290. The Bertz CT molecular complexity index is 373. The van der Waals surface area contributed by atoms with Crippen molar-refractivity contribution in [3.63, 3.8) is 0 Å². The van der Waals surface area contributed by atoms with Crippen molar-refractivity contribution in [2.24, 2.45) is 0 Å². The van der Waals surface area contributed by atoms with E-state index in [-0.39, 0.29) is 5.92 Å². The predicted molar refractivity (Wildman–Crippen MR) is 72.9 cm³/mol. The quantitative estimate of drug-likeness (QED) is 0.793. The molecule has 19 heavy (non-hydrogen) atoms. The second-order valence-electron chi connectivity index (χ2n) is 5.51. The third kappa shape index (κ3) is 4.28. The summed E-state index contributed by atoms with van der Waals surface area (Å²) in [6.07, 6.45) is 4.00. The topological polar surface area (TPSA) is 51.4 Å². The van der Waals surface area contributed by atoms with Gasteiger partial charge in [0.25, 0.3) is 0 Å². The highest BCUT2D eigenvalue weighted by atomic mass is 16.5. The van der Waals surface area contributed by atoms with Crippen molar-refractivity contribution in [3.8, 4) is 0 Å². The van der Waals surface area contributed by atoms with Gasteiger partial charge >= 0.3 is 0 Å². The fraction of sp³-hybridized carbons (Fsp3) is 0.857. The van der Waals surface area contributed by atoms with Gasteiger partial charge in [0.05, 0.1) is 12.6 Å². The van der Waals surface area contributed by atoms with E-state index in [1.165, 1.54) is 12.8 Å². The first-order valence-corrected chi connectivity index (χ1v) is 7.35. The van der Waals surface area contributed by atoms with Gasteiger partial charge in [-0.15, -0.1) is 10.2 Å². The van der Waals surface area contributed by atoms with Gasteiger partial charge in [0.1, 0.15) is 0 Å². The Balaban J connectivity index is 1.86. The molecule has 1 aliphatic heterocycles. The summed E-state index contributed by atoms with van der Waals surface area (Å²) in [6, 6.07) is 0. The molecule has 0 unspecified atom stereocenters. The zero-order chi connectivity index (χ0) is 13.7. The van der Waals surface area contributed by atoms with Crippen LogP contribution >= 0.6 is 0 Å². The maximum Gasteiger partial charge on any atom is 0.230 e. The lowest BCUT2D eigenvalue weighted by molar-refractivity contribution is -0.00747. The number of ether oxygens (including phenoxy) is 1. The molecule has 0 aliphatic carbocycles. The zero-order valence-electron chi connectivity index (χ0n) is 12.3. The van der Waals surface area contributed by atoms with Crippen molar-refractivity contribution in [1.82, 2.24) is 15.1 Å². The molecule has 1 aliphatic rings. The third-order valence-electron chi connectivity index (χ3n) is 3.52. The van der Waals surface area contributed by atoms with Crippen LogP contribution in [0.25, 0.3) is 0 Å². The van der Waals surface area contributed by atoms with Crippen molar-refractivity contribution >= 4 is 0 Å². The predicted octanol–water partition coefficient (Wildman–Crippen LogP) is 2.58. The lowest BCUT2D eigenvalue weighted by Crippen LogP contribution is -2.35. The van der Waals surface area contributed by atoms with E-state index in [2.05, 4.69) is 35.9 Å². The van der Waals surface area contributed by atoms with Gasteiger partial charge in [0, 0.05) is 19.1 Å². The lowest BCUT2D eigenvalue weighted by atomic mass is 10.1. The van der Waals surface area contributed by atoms with Crippen molar-refractivity contribution < 1.29 is 9.15 Å². The minimum Gasteiger partial charge on any atom is -0.424 e. The van der Waals surface area contributed by atoms with Crippen LogP contribution in [-0.2, 0) is 11.3 Å². The summed E-state index contributed by atoms with van der Waals surface area (Å²) in [5.41, 5.74) is 0. The highest BCUT2D eigenvalue weighted by molar-refractivity contribution is 4.87. The molecular weight excluding hydrogens is 242 g/mol. The van der Waals surface area contributed by atoms with Gasteiger partial charge in [0.2, 0.25) is 11.8 Å². The maximum atomic E-state index is 5.78. The highest BCUT2D eigenvalue weighted by Crippen LogP contribution is 2.16. The molecule has 1 saturated heterocycles. The summed E-state index contributed by atoms with van der Waals surface area (Å²) in [5.74, 6) is 1.72.